The molecule has 122 valence electrons. The topological polar surface area (TPSA) is 85.5 Å². The lowest BCUT2D eigenvalue weighted by Crippen LogP contribution is -2.37. The van der Waals surface area contributed by atoms with E-state index in [4.69, 9.17) is 15.2 Å². The van der Waals surface area contributed by atoms with Gasteiger partial charge in [0.15, 0.2) is 0 Å². The van der Waals surface area contributed by atoms with Crippen LogP contribution in [0.3, 0.4) is 0 Å². The zero-order valence-corrected chi connectivity index (χ0v) is 13.0. The van der Waals surface area contributed by atoms with E-state index in [2.05, 4.69) is 20.2 Å². The largest absolute Gasteiger partial charge is 0.381 e. The summed E-state index contributed by atoms with van der Waals surface area (Å²) in [4.78, 5) is 11.0. The van der Waals surface area contributed by atoms with Crippen LogP contribution in [0.15, 0.2) is 6.07 Å². The third-order valence-electron chi connectivity index (χ3n) is 4.17. The third-order valence-corrected chi connectivity index (χ3v) is 4.17. The van der Waals surface area contributed by atoms with Crippen LogP contribution in [0.4, 0.5) is 11.8 Å². The molecule has 0 aliphatic carbocycles. The molecule has 3 heterocycles. The van der Waals surface area contributed by atoms with Gasteiger partial charge in [0, 0.05) is 38.2 Å². The number of nitrogens with one attached hydrogen (secondary N) is 1. The van der Waals surface area contributed by atoms with E-state index in [1.807, 2.05) is 6.07 Å². The molecule has 0 unspecified atom stereocenters. The molecule has 0 aromatic carbocycles. The highest BCUT2D eigenvalue weighted by Gasteiger charge is 2.20. The average Bonchev–Trinajstić information content (AvgIpc) is 3.07. The number of nitrogens with zero attached hydrogens (tertiary/aromatic N) is 3. The highest BCUT2D eigenvalue weighted by molar-refractivity contribution is 5.41. The molecule has 22 heavy (non-hydrogen) atoms. The summed E-state index contributed by atoms with van der Waals surface area (Å²) in [5.74, 6) is 1.50. The lowest BCUT2D eigenvalue weighted by Gasteiger charge is -2.26. The van der Waals surface area contributed by atoms with E-state index in [9.17, 15) is 0 Å². The van der Waals surface area contributed by atoms with Crippen LogP contribution in [0.1, 0.15) is 24.5 Å². The van der Waals surface area contributed by atoms with E-state index in [-0.39, 0.29) is 0 Å². The number of aromatic nitrogens is 2. The molecule has 2 aliphatic heterocycles. The van der Waals surface area contributed by atoms with Crippen molar-refractivity contribution in [1.82, 2.24) is 14.9 Å². The Labute approximate surface area is 131 Å². The van der Waals surface area contributed by atoms with Crippen LogP contribution in [0.2, 0.25) is 0 Å². The van der Waals surface area contributed by atoms with Gasteiger partial charge in [-0.05, 0) is 19.4 Å². The molecule has 3 N–H and O–H groups in total. The first-order valence-corrected chi connectivity index (χ1v) is 8.07. The second-order valence-corrected chi connectivity index (χ2v) is 5.83. The number of nitrogens with two attached hydrogens (primary N) is 1. The predicted molar refractivity (Wildman–Crippen MR) is 85.0 cm³/mol. The summed E-state index contributed by atoms with van der Waals surface area (Å²) in [5, 5.41) is 3.36. The van der Waals surface area contributed by atoms with Crippen LogP contribution >= 0.6 is 0 Å². The minimum absolute atomic E-state index is 0.333. The number of rotatable bonds is 6. The fraction of sp³-hybridized carbons (Fsp3) is 0.733. The highest BCUT2D eigenvalue weighted by atomic mass is 16.5. The normalized spacial score (nSPS) is 22.8. The fourth-order valence-corrected chi connectivity index (χ4v) is 2.90. The second-order valence-electron chi connectivity index (χ2n) is 5.83. The molecular formula is C15H25N5O2. The first-order valence-electron chi connectivity index (χ1n) is 8.07. The molecule has 2 aliphatic rings. The maximum atomic E-state index is 5.82. The first-order chi connectivity index (χ1) is 10.8. The van der Waals surface area contributed by atoms with Gasteiger partial charge in [-0.25, -0.2) is 4.98 Å². The lowest BCUT2D eigenvalue weighted by molar-refractivity contribution is 0.0378. The molecule has 2 saturated heterocycles. The molecule has 7 nitrogen and oxygen atoms in total. The van der Waals surface area contributed by atoms with E-state index in [1.165, 1.54) is 0 Å². The number of anilines is 2. The van der Waals surface area contributed by atoms with Crippen LogP contribution in [-0.2, 0) is 9.47 Å². The molecular weight excluding hydrogens is 282 g/mol. The van der Waals surface area contributed by atoms with Crippen molar-refractivity contribution in [1.29, 1.82) is 0 Å². The molecule has 2 fully saturated rings. The SMILES string of the molecule is Nc1nc(NCCCN2CCOCC2)cc([C@@H]2CCOC2)n1. The Bertz CT molecular complexity index is 473. The Morgan fingerprint density at radius 1 is 1.23 bits per heavy atom. The third kappa shape index (κ3) is 4.28. The fourth-order valence-electron chi connectivity index (χ4n) is 2.90. The molecule has 1 aromatic heterocycles. The minimum Gasteiger partial charge on any atom is -0.381 e. The van der Waals surface area contributed by atoms with Crippen LogP contribution in [0, 0.1) is 0 Å². The number of hydrogen-bond acceptors (Lipinski definition) is 7. The molecule has 0 amide bonds. The Morgan fingerprint density at radius 3 is 2.86 bits per heavy atom. The quantitative estimate of drug-likeness (QED) is 0.748. The molecule has 1 atom stereocenters. The predicted octanol–water partition coefficient (Wildman–Crippen LogP) is 0.697. The monoisotopic (exact) mass is 307 g/mol. The van der Waals surface area contributed by atoms with Gasteiger partial charge in [0.25, 0.3) is 0 Å². The molecule has 0 radical (unpaired) electrons. The molecule has 0 spiro atoms. The smallest absolute Gasteiger partial charge is 0.222 e. The van der Waals surface area contributed by atoms with Crippen molar-refractivity contribution in [2.75, 3.05) is 63.7 Å². The molecule has 7 heteroatoms. The maximum absolute atomic E-state index is 5.82. The second kappa shape index (κ2) is 7.71. The van der Waals surface area contributed by atoms with Crippen LogP contribution in [0.5, 0.6) is 0 Å². The Kier molecular flexibility index (Phi) is 5.42. The van der Waals surface area contributed by atoms with E-state index < -0.39 is 0 Å². The van der Waals surface area contributed by atoms with Gasteiger partial charge in [0.1, 0.15) is 5.82 Å². The van der Waals surface area contributed by atoms with Gasteiger partial charge in [0.05, 0.1) is 25.5 Å². The number of nitrogen functional groups attached to an aromatic ring is 1. The van der Waals surface area contributed by atoms with Crippen molar-refractivity contribution in [2.45, 2.75) is 18.8 Å². The van der Waals surface area contributed by atoms with Crippen molar-refractivity contribution in [2.24, 2.45) is 0 Å². The highest BCUT2D eigenvalue weighted by Crippen LogP contribution is 2.25. The van der Waals surface area contributed by atoms with E-state index in [0.29, 0.717) is 11.9 Å². The van der Waals surface area contributed by atoms with E-state index in [0.717, 1.165) is 77.0 Å². The van der Waals surface area contributed by atoms with Crippen molar-refractivity contribution in [3.63, 3.8) is 0 Å². The van der Waals surface area contributed by atoms with Crippen LogP contribution in [0.25, 0.3) is 0 Å². The molecule has 1 aromatic rings. The minimum atomic E-state index is 0.333. The van der Waals surface area contributed by atoms with Gasteiger partial charge in [-0.3, -0.25) is 4.90 Å². The molecule has 0 bridgehead atoms. The van der Waals surface area contributed by atoms with Gasteiger partial charge >= 0.3 is 0 Å². The number of ether oxygens (including phenoxy) is 2. The van der Waals surface area contributed by atoms with E-state index in [1.54, 1.807) is 0 Å². The zero-order valence-electron chi connectivity index (χ0n) is 13.0. The summed E-state index contributed by atoms with van der Waals surface area (Å²) >= 11 is 0. The van der Waals surface area contributed by atoms with Gasteiger partial charge in [-0.15, -0.1) is 0 Å². The van der Waals surface area contributed by atoms with Crippen molar-refractivity contribution < 1.29 is 9.47 Å². The number of morpholine rings is 1. The zero-order chi connectivity index (χ0) is 15.2. The average molecular weight is 307 g/mol. The standard InChI is InChI=1S/C15H25N5O2/c16-15-18-13(12-2-7-22-11-12)10-14(19-15)17-3-1-4-20-5-8-21-9-6-20/h10,12H,1-9,11H2,(H3,16,17,18,19)/t12-/m1/s1. The van der Waals surface area contributed by atoms with Gasteiger partial charge in [0.2, 0.25) is 5.95 Å². The van der Waals surface area contributed by atoms with Crippen molar-refractivity contribution in [3.05, 3.63) is 11.8 Å². The molecule has 0 saturated carbocycles. The summed E-state index contributed by atoms with van der Waals surface area (Å²) in [6.45, 7) is 7.27. The first kappa shape index (κ1) is 15.5. The lowest BCUT2D eigenvalue weighted by atomic mass is 10.0. The van der Waals surface area contributed by atoms with Gasteiger partial charge in [-0.2, -0.15) is 4.98 Å². The van der Waals surface area contributed by atoms with Gasteiger partial charge in [-0.1, -0.05) is 0 Å². The van der Waals surface area contributed by atoms with Crippen molar-refractivity contribution in [3.8, 4) is 0 Å². The van der Waals surface area contributed by atoms with Crippen molar-refractivity contribution >= 4 is 11.8 Å². The van der Waals surface area contributed by atoms with Crippen LogP contribution < -0.4 is 11.1 Å². The molecule has 3 rings (SSSR count). The Morgan fingerprint density at radius 2 is 2.09 bits per heavy atom. The summed E-state index contributed by atoms with van der Waals surface area (Å²) < 4.78 is 10.8. The van der Waals surface area contributed by atoms with Gasteiger partial charge < -0.3 is 20.5 Å². The van der Waals surface area contributed by atoms with E-state index >= 15 is 0 Å². The Balaban J connectivity index is 1.47. The van der Waals surface area contributed by atoms with Crippen LogP contribution in [-0.4, -0.2) is 67.5 Å². The number of hydrogen-bond donors (Lipinski definition) is 2. The summed E-state index contributed by atoms with van der Waals surface area (Å²) in [5.41, 5.74) is 6.81. The summed E-state index contributed by atoms with van der Waals surface area (Å²) in [6, 6.07) is 2.00. The summed E-state index contributed by atoms with van der Waals surface area (Å²) in [7, 11) is 0. The Hall–Kier alpha value is -1.44. The summed E-state index contributed by atoms with van der Waals surface area (Å²) in [6.07, 6.45) is 2.08. The maximum Gasteiger partial charge on any atom is 0.222 e.